The summed E-state index contributed by atoms with van der Waals surface area (Å²) in [5.74, 6) is 0.214. The summed E-state index contributed by atoms with van der Waals surface area (Å²) in [6.45, 7) is 12.4. The van der Waals surface area contributed by atoms with Gasteiger partial charge in [0.05, 0.1) is 30.2 Å². The first-order chi connectivity index (χ1) is 15.6. The Kier molecular flexibility index (Phi) is 5.89. The lowest BCUT2D eigenvalue weighted by atomic mass is 9.74. The summed E-state index contributed by atoms with van der Waals surface area (Å²) in [6.07, 6.45) is 2.25. The van der Waals surface area contributed by atoms with Gasteiger partial charge in [-0.05, 0) is 69.3 Å². The average Bonchev–Trinajstić information content (AvgIpc) is 3.00. The molecular weight excluding hydrogens is 415 g/mol. The maximum absolute atomic E-state index is 11.2. The molecule has 33 heavy (non-hydrogen) atoms. The number of hydrogen-bond donors (Lipinski definition) is 0. The molecule has 2 aromatic carbocycles. The molecule has 0 bridgehead atoms. The average molecular weight is 444 g/mol. The second-order valence-electron chi connectivity index (χ2n) is 9.35. The van der Waals surface area contributed by atoms with Crippen LogP contribution >= 0.6 is 0 Å². The van der Waals surface area contributed by atoms with Gasteiger partial charge in [0, 0.05) is 5.56 Å². The summed E-state index contributed by atoms with van der Waals surface area (Å²) in [6, 6.07) is 12.3. The first-order valence-corrected chi connectivity index (χ1v) is 11.0. The number of benzene rings is 2. The van der Waals surface area contributed by atoms with Crippen LogP contribution in [0.5, 0.6) is 5.88 Å². The van der Waals surface area contributed by atoms with Crippen LogP contribution in [0.2, 0.25) is 0 Å². The first kappa shape index (κ1) is 23.1. The second kappa shape index (κ2) is 8.39. The van der Waals surface area contributed by atoms with Crippen molar-refractivity contribution >= 4 is 18.9 Å². The highest BCUT2D eigenvalue weighted by atomic mass is 16.7. The highest BCUT2D eigenvalue weighted by Gasteiger charge is 2.52. The summed E-state index contributed by atoms with van der Waals surface area (Å²) in [7, 11) is 1.05. The number of ether oxygens (including phenoxy) is 1. The Labute approximate surface area is 195 Å². The fourth-order valence-electron chi connectivity index (χ4n) is 4.12. The molecule has 1 aliphatic rings. The summed E-state index contributed by atoms with van der Waals surface area (Å²) < 4.78 is 17.9. The van der Waals surface area contributed by atoms with Gasteiger partial charge in [0.25, 0.3) is 0 Å². The molecule has 0 atom stereocenters. The van der Waals surface area contributed by atoms with Gasteiger partial charge in [-0.15, -0.1) is 0 Å². The number of aromatic nitrogens is 2. The monoisotopic (exact) mass is 444 g/mol. The van der Waals surface area contributed by atoms with Gasteiger partial charge in [-0.3, -0.25) is 4.79 Å². The number of carbonyl (C=O) groups is 1. The maximum Gasteiger partial charge on any atom is 0.495 e. The summed E-state index contributed by atoms with van der Waals surface area (Å²) >= 11 is 0. The number of nitrogens with zero attached hydrogens (tertiary/aromatic N) is 2. The van der Waals surface area contributed by atoms with Crippen molar-refractivity contribution in [2.45, 2.75) is 52.7 Å². The largest absolute Gasteiger partial charge is 0.495 e. The molecule has 6 nitrogen and oxygen atoms in total. The number of rotatable bonds is 5. The van der Waals surface area contributed by atoms with Gasteiger partial charge in [-0.2, -0.15) is 0 Å². The molecule has 1 fully saturated rings. The molecule has 0 aliphatic carbocycles. The lowest BCUT2D eigenvalue weighted by Gasteiger charge is -2.32. The van der Waals surface area contributed by atoms with Gasteiger partial charge in [-0.25, -0.2) is 9.97 Å². The molecule has 2 heterocycles. The number of hydrogen-bond acceptors (Lipinski definition) is 6. The Morgan fingerprint density at radius 1 is 0.909 bits per heavy atom. The molecular formula is C26H29BN2O4. The molecule has 170 valence electrons. The normalized spacial score (nSPS) is 16.6. The van der Waals surface area contributed by atoms with Crippen LogP contribution in [0.15, 0.2) is 42.6 Å². The third kappa shape index (κ3) is 3.96. The van der Waals surface area contributed by atoms with E-state index in [-0.39, 0.29) is 11.6 Å². The van der Waals surface area contributed by atoms with E-state index in [9.17, 15) is 4.79 Å². The molecule has 0 saturated carbocycles. The van der Waals surface area contributed by atoms with Gasteiger partial charge < -0.3 is 14.0 Å². The fourth-order valence-corrected chi connectivity index (χ4v) is 4.12. The van der Waals surface area contributed by atoms with E-state index in [1.807, 2.05) is 18.2 Å². The Morgan fingerprint density at radius 3 is 2.09 bits per heavy atom. The minimum absolute atomic E-state index is 0.181. The standard InChI is InChI=1S/C26H29BN2O4/c1-16-18(10-8-12-20(16)22-14-28-23(15-30)24(29-22)31-7)19-11-9-13-21(17(19)2)27-32-25(3,4)26(5,6)33-27/h8-15H,1-7H3. The SMILES string of the molecule is COc1nc(-c2cccc(-c3cccc(B4OC(C)(C)C(C)(C)O4)c3C)c2C)cnc1C=O. The van der Waals surface area contributed by atoms with Crippen molar-refractivity contribution in [2.24, 2.45) is 0 Å². The lowest BCUT2D eigenvalue weighted by Crippen LogP contribution is -2.41. The summed E-state index contributed by atoms with van der Waals surface area (Å²) in [5.41, 5.74) is 6.33. The Balaban J connectivity index is 1.78. The second-order valence-corrected chi connectivity index (χ2v) is 9.35. The predicted octanol–water partition coefficient (Wildman–Crippen LogP) is 4.55. The van der Waals surface area contributed by atoms with Crippen molar-refractivity contribution in [1.29, 1.82) is 0 Å². The quantitative estimate of drug-likeness (QED) is 0.425. The molecule has 0 radical (unpaired) electrons. The molecule has 7 heteroatoms. The van der Waals surface area contributed by atoms with Crippen LogP contribution in [-0.2, 0) is 9.31 Å². The topological polar surface area (TPSA) is 70.5 Å². The zero-order valence-electron chi connectivity index (χ0n) is 20.2. The van der Waals surface area contributed by atoms with Crippen LogP contribution in [0, 0.1) is 13.8 Å². The van der Waals surface area contributed by atoms with E-state index < -0.39 is 18.3 Å². The molecule has 0 amide bonds. The zero-order valence-corrected chi connectivity index (χ0v) is 20.2. The zero-order chi connectivity index (χ0) is 24.0. The third-order valence-electron chi connectivity index (χ3n) is 6.85. The van der Waals surface area contributed by atoms with Crippen LogP contribution in [-0.4, -0.2) is 41.7 Å². The molecule has 4 rings (SSSR count). The van der Waals surface area contributed by atoms with E-state index in [1.165, 1.54) is 7.11 Å². The molecule has 0 spiro atoms. The number of aldehydes is 1. The molecule has 0 N–H and O–H groups in total. The smallest absolute Gasteiger partial charge is 0.479 e. The van der Waals surface area contributed by atoms with Crippen LogP contribution < -0.4 is 10.2 Å². The van der Waals surface area contributed by atoms with Gasteiger partial charge >= 0.3 is 7.12 Å². The molecule has 1 aliphatic heterocycles. The molecule has 1 saturated heterocycles. The first-order valence-electron chi connectivity index (χ1n) is 11.0. The number of carbonyl (C=O) groups excluding carboxylic acids is 1. The van der Waals surface area contributed by atoms with Crippen molar-refractivity contribution in [3.63, 3.8) is 0 Å². The minimum Gasteiger partial charge on any atom is -0.479 e. The highest BCUT2D eigenvalue weighted by Crippen LogP contribution is 2.38. The van der Waals surface area contributed by atoms with E-state index in [1.54, 1.807) is 6.20 Å². The minimum atomic E-state index is -0.426. The molecule has 1 aromatic heterocycles. The Morgan fingerprint density at radius 2 is 1.48 bits per heavy atom. The van der Waals surface area contributed by atoms with Crippen LogP contribution in [0.3, 0.4) is 0 Å². The third-order valence-corrected chi connectivity index (χ3v) is 6.85. The predicted molar refractivity (Wildman–Crippen MR) is 130 cm³/mol. The summed E-state index contributed by atoms with van der Waals surface area (Å²) in [4.78, 5) is 19.9. The maximum atomic E-state index is 11.2. The van der Waals surface area contributed by atoms with E-state index >= 15 is 0 Å². The van der Waals surface area contributed by atoms with E-state index in [2.05, 4.69) is 69.7 Å². The fraction of sp³-hybridized carbons (Fsp3) is 0.346. The van der Waals surface area contributed by atoms with Crippen molar-refractivity contribution < 1.29 is 18.8 Å². The van der Waals surface area contributed by atoms with E-state index in [0.29, 0.717) is 12.0 Å². The summed E-state index contributed by atoms with van der Waals surface area (Å²) in [5, 5.41) is 0. The van der Waals surface area contributed by atoms with Crippen molar-refractivity contribution in [3.05, 3.63) is 59.4 Å². The molecule has 3 aromatic rings. The van der Waals surface area contributed by atoms with Crippen molar-refractivity contribution in [1.82, 2.24) is 9.97 Å². The van der Waals surface area contributed by atoms with E-state index in [0.717, 1.165) is 33.3 Å². The van der Waals surface area contributed by atoms with Gasteiger partial charge in [0.2, 0.25) is 5.88 Å². The van der Waals surface area contributed by atoms with Crippen molar-refractivity contribution in [3.8, 4) is 28.3 Å². The van der Waals surface area contributed by atoms with E-state index in [4.69, 9.17) is 14.0 Å². The Hall–Kier alpha value is -3.03. The van der Waals surface area contributed by atoms with Gasteiger partial charge in [-0.1, -0.05) is 36.4 Å². The molecule has 0 unspecified atom stereocenters. The lowest BCUT2D eigenvalue weighted by molar-refractivity contribution is 0.00578. The van der Waals surface area contributed by atoms with Crippen LogP contribution in [0.25, 0.3) is 22.4 Å². The van der Waals surface area contributed by atoms with Gasteiger partial charge in [0.15, 0.2) is 12.0 Å². The highest BCUT2D eigenvalue weighted by molar-refractivity contribution is 6.62. The van der Waals surface area contributed by atoms with Gasteiger partial charge in [0.1, 0.15) is 0 Å². The Bertz CT molecular complexity index is 1210. The van der Waals surface area contributed by atoms with Crippen LogP contribution in [0.4, 0.5) is 0 Å². The number of methoxy groups -OCH3 is 1. The van der Waals surface area contributed by atoms with Crippen LogP contribution in [0.1, 0.15) is 49.3 Å². The van der Waals surface area contributed by atoms with Crippen molar-refractivity contribution in [2.75, 3.05) is 7.11 Å².